The number of pyridine rings is 1. The average Bonchev–Trinajstić information content (AvgIpc) is 3.13. The summed E-state index contributed by atoms with van der Waals surface area (Å²) in [5, 5.41) is 11.1. The van der Waals surface area contributed by atoms with Crippen molar-refractivity contribution in [2.45, 2.75) is 19.8 Å². The lowest BCUT2D eigenvalue weighted by Gasteiger charge is -2.15. The number of nitrogens with two attached hydrogens (primary N) is 1. The van der Waals surface area contributed by atoms with E-state index < -0.39 is 22.9 Å². The number of hydrogen-bond acceptors (Lipinski definition) is 4. The molecule has 4 rings (SSSR count). The Balaban J connectivity index is 2.10. The number of anilines is 1. The van der Waals surface area contributed by atoms with Crippen LogP contribution in [0.2, 0.25) is 0 Å². The third-order valence-electron chi connectivity index (χ3n) is 4.56. The molecular weight excluding hydrogens is 342 g/mol. The van der Waals surface area contributed by atoms with E-state index in [1.54, 1.807) is 17.8 Å². The number of fused-ring (bicyclic) bond motifs is 1. The van der Waals surface area contributed by atoms with Crippen LogP contribution in [-0.2, 0) is 7.05 Å². The van der Waals surface area contributed by atoms with Gasteiger partial charge in [0.15, 0.2) is 5.82 Å². The Labute approximate surface area is 146 Å². The van der Waals surface area contributed by atoms with Gasteiger partial charge in [0, 0.05) is 30.9 Å². The van der Waals surface area contributed by atoms with Gasteiger partial charge in [-0.2, -0.15) is 10.2 Å². The van der Waals surface area contributed by atoms with Crippen molar-refractivity contribution in [2.75, 3.05) is 5.73 Å². The van der Waals surface area contributed by atoms with Gasteiger partial charge >= 0.3 is 0 Å². The Morgan fingerprint density at radius 3 is 2.77 bits per heavy atom. The van der Waals surface area contributed by atoms with Crippen molar-refractivity contribution < 1.29 is 8.78 Å². The van der Waals surface area contributed by atoms with E-state index >= 15 is 0 Å². The highest BCUT2D eigenvalue weighted by atomic mass is 19.1. The lowest BCUT2D eigenvalue weighted by atomic mass is 10.1. The number of H-pyrrole nitrogens is 1. The Hall–Kier alpha value is -3.23. The SMILES string of the molecule is Cc1cc(-c2cn(C3=C(F)CCC=C3F)c(=O)c3c(N)n[nH]c23)nn1C. The fraction of sp³-hybridized carbons (Fsp3) is 0.235. The Morgan fingerprint density at radius 1 is 1.35 bits per heavy atom. The summed E-state index contributed by atoms with van der Waals surface area (Å²) >= 11 is 0. The van der Waals surface area contributed by atoms with Crippen molar-refractivity contribution >= 4 is 22.4 Å². The first kappa shape index (κ1) is 16.2. The van der Waals surface area contributed by atoms with Gasteiger partial charge in [0.05, 0.1) is 11.2 Å². The highest BCUT2D eigenvalue weighted by molar-refractivity contribution is 5.98. The van der Waals surface area contributed by atoms with Crippen molar-refractivity contribution in [3.8, 4) is 11.3 Å². The third-order valence-corrected chi connectivity index (χ3v) is 4.56. The standard InChI is InChI=1S/C17H16F2N6O/c1-8-6-12(23-24(8)2)9-7-25(15-10(18)4-3-5-11(15)19)17(26)13-14(9)21-22-16(13)20/h4,6-7H,3,5H2,1-2H3,(H3,20,21,22). The average molecular weight is 358 g/mol. The number of aryl methyl sites for hydroxylation is 2. The van der Waals surface area contributed by atoms with Crippen LogP contribution >= 0.6 is 0 Å². The van der Waals surface area contributed by atoms with Crippen molar-refractivity contribution in [3.63, 3.8) is 0 Å². The van der Waals surface area contributed by atoms with Crippen LogP contribution in [0.4, 0.5) is 14.6 Å². The molecule has 0 radical (unpaired) electrons. The topological polar surface area (TPSA) is 94.5 Å². The number of hydrogen-bond donors (Lipinski definition) is 2. The third kappa shape index (κ3) is 2.27. The van der Waals surface area contributed by atoms with Crippen LogP contribution in [0, 0.1) is 6.92 Å². The van der Waals surface area contributed by atoms with Crippen LogP contribution < -0.4 is 11.3 Å². The summed E-state index contributed by atoms with van der Waals surface area (Å²) in [4.78, 5) is 12.9. The molecule has 26 heavy (non-hydrogen) atoms. The molecule has 0 saturated carbocycles. The second-order valence-corrected chi connectivity index (χ2v) is 6.22. The molecular formula is C17H16F2N6O. The number of aromatic amines is 1. The van der Waals surface area contributed by atoms with E-state index in [2.05, 4.69) is 15.3 Å². The van der Waals surface area contributed by atoms with Gasteiger partial charge in [-0.3, -0.25) is 19.1 Å². The Morgan fingerprint density at radius 2 is 2.12 bits per heavy atom. The molecule has 0 aromatic carbocycles. The van der Waals surface area contributed by atoms with E-state index in [1.165, 1.54) is 12.3 Å². The molecule has 3 aromatic heterocycles. The van der Waals surface area contributed by atoms with Gasteiger partial charge in [0.2, 0.25) is 0 Å². The molecule has 3 N–H and O–H groups in total. The number of allylic oxidation sites excluding steroid dienone is 4. The molecule has 1 aliphatic carbocycles. The summed E-state index contributed by atoms with van der Waals surface area (Å²) in [6, 6.07) is 1.80. The molecule has 0 unspecified atom stereocenters. The first-order valence-corrected chi connectivity index (χ1v) is 8.03. The highest BCUT2D eigenvalue weighted by Gasteiger charge is 2.24. The fourth-order valence-corrected chi connectivity index (χ4v) is 3.11. The monoisotopic (exact) mass is 358 g/mol. The van der Waals surface area contributed by atoms with Gasteiger partial charge in [0.1, 0.15) is 22.7 Å². The van der Waals surface area contributed by atoms with Gasteiger partial charge in [-0.05, 0) is 25.5 Å². The minimum Gasteiger partial charge on any atom is -0.382 e. The van der Waals surface area contributed by atoms with Crippen molar-refractivity contribution in [1.29, 1.82) is 0 Å². The molecule has 9 heteroatoms. The maximum absolute atomic E-state index is 14.4. The van der Waals surface area contributed by atoms with E-state index in [0.717, 1.165) is 10.3 Å². The smallest absolute Gasteiger partial charge is 0.268 e. The zero-order valence-electron chi connectivity index (χ0n) is 14.2. The van der Waals surface area contributed by atoms with E-state index in [1.807, 2.05) is 6.92 Å². The van der Waals surface area contributed by atoms with Crippen LogP contribution in [0.3, 0.4) is 0 Å². The molecule has 3 heterocycles. The first-order chi connectivity index (χ1) is 12.4. The molecule has 0 spiro atoms. The summed E-state index contributed by atoms with van der Waals surface area (Å²) in [6.07, 6.45) is 2.92. The maximum atomic E-state index is 14.4. The lowest BCUT2D eigenvalue weighted by molar-refractivity contribution is 0.555. The van der Waals surface area contributed by atoms with E-state index in [9.17, 15) is 13.6 Å². The first-order valence-electron chi connectivity index (χ1n) is 8.03. The number of nitrogens with one attached hydrogen (secondary N) is 1. The van der Waals surface area contributed by atoms with Gasteiger partial charge in [-0.25, -0.2) is 8.78 Å². The van der Waals surface area contributed by atoms with E-state index in [0.29, 0.717) is 16.8 Å². The zero-order chi connectivity index (χ0) is 18.6. The molecule has 0 bridgehead atoms. The maximum Gasteiger partial charge on any atom is 0.268 e. The second-order valence-electron chi connectivity index (χ2n) is 6.22. The quantitative estimate of drug-likeness (QED) is 0.736. The second kappa shape index (κ2) is 5.65. The van der Waals surface area contributed by atoms with Crippen molar-refractivity contribution in [1.82, 2.24) is 24.5 Å². The van der Waals surface area contributed by atoms with Gasteiger partial charge in [0.25, 0.3) is 5.56 Å². The highest BCUT2D eigenvalue weighted by Crippen LogP contribution is 2.33. The van der Waals surface area contributed by atoms with Crippen LogP contribution in [0.1, 0.15) is 18.5 Å². The Bertz CT molecular complexity index is 1140. The number of aromatic nitrogens is 5. The minimum atomic E-state index is -0.777. The fourth-order valence-electron chi connectivity index (χ4n) is 3.11. The predicted octanol–water partition coefficient (Wildman–Crippen LogP) is 2.80. The number of nitrogens with zero attached hydrogens (tertiary/aromatic N) is 4. The zero-order valence-corrected chi connectivity index (χ0v) is 14.2. The molecule has 0 fully saturated rings. The molecule has 0 atom stereocenters. The van der Waals surface area contributed by atoms with Gasteiger partial charge in [-0.1, -0.05) is 0 Å². The van der Waals surface area contributed by atoms with E-state index in [-0.39, 0.29) is 24.0 Å². The lowest BCUT2D eigenvalue weighted by Crippen LogP contribution is -2.22. The predicted molar refractivity (Wildman–Crippen MR) is 94.5 cm³/mol. The summed E-state index contributed by atoms with van der Waals surface area (Å²) < 4.78 is 31.3. The molecule has 7 nitrogen and oxygen atoms in total. The largest absolute Gasteiger partial charge is 0.382 e. The Kier molecular flexibility index (Phi) is 3.53. The van der Waals surface area contributed by atoms with Crippen molar-refractivity contribution in [2.24, 2.45) is 7.05 Å². The van der Waals surface area contributed by atoms with Gasteiger partial charge < -0.3 is 5.73 Å². The summed E-state index contributed by atoms with van der Waals surface area (Å²) in [5.74, 6) is -1.49. The molecule has 1 aliphatic rings. The molecule has 3 aromatic rings. The summed E-state index contributed by atoms with van der Waals surface area (Å²) in [6.45, 7) is 1.87. The van der Waals surface area contributed by atoms with Crippen LogP contribution in [0.15, 0.2) is 34.8 Å². The summed E-state index contributed by atoms with van der Waals surface area (Å²) in [7, 11) is 1.78. The molecule has 134 valence electrons. The van der Waals surface area contributed by atoms with Crippen LogP contribution in [-0.4, -0.2) is 24.5 Å². The van der Waals surface area contributed by atoms with E-state index in [4.69, 9.17) is 5.73 Å². The number of halogens is 2. The minimum absolute atomic E-state index is 0.0329. The molecule has 0 saturated heterocycles. The van der Waals surface area contributed by atoms with Crippen LogP contribution in [0.25, 0.3) is 27.9 Å². The van der Waals surface area contributed by atoms with Crippen molar-refractivity contribution in [3.05, 3.63) is 46.0 Å². The van der Waals surface area contributed by atoms with Gasteiger partial charge in [-0.15, -0.1) is 0 Å². The number of nitrogen functional groups attached to an aromatic ring is 1. The number of rotatable bonds is 2. The summed E-state index contributed by atoms with van der Waals surface area (Å²) in [5.41, 5.74) is 7.07. The van der Waals surface area contributed by atoms with Crippen LogP contribution in [0.5, 0.6) is 0 Å². The molecule has 0 amide bonds. The normalized spacial score (nSPS) is 15.0. The molecule has 0 aliphatic heterocycles.